The molecule has 11 heteroatoms. The van der Waals surface area contributed by atoms with Gasteiger partial charge in [0.05, 0.1) is 9.79 Å². The molecule has 0 spiro atoms. The molecule has 0 bridgehead atoms. The van der Waals surface area contributed by atoms with Crippen molar-refractivity contribution in [2.24, 2.45) is 0 Å². The predicted octanol–water partition coefficient (Wildman–Crippen LogP) is 3.31. The Morgan fingerprint density at radius 3 is 2.33 bits per heavy atom. The summed E-state index contributed by atoms with van der Waals surface area (Å²) in [7, 11) is -7.57. The molecule has 0 amide bonds. The minimum atomic E-state index is -3.91. The van der Waals surface area contributed by atoms with E-state index in [-0.39, 0.29) is 35.7 Å². The first kappa shape index (κ1) is 22.4. The molecular formula is C22H22N2O6S3. The van der Waals surface area contributed by atoms with Crippen molar-refractivity contribution in [3.8, 4) is 11.5 Å². The second-order valence-electron chi connectivity index (χ2n) is 7.91. The zero-order valence-corrected chi connectivity index (χ0v) is 20.0. The normalized spacial score (nSPS) is 15.8. The molecule has 8 nitrogen and oxygen atoms in total. The van der Waals surface area contributed by atoms with Gasteiger partial charge in [-0.05, 0) is 66.2 Å². The molecule has 1 N–H and O–H groups in total. The average molecular weight is 507 g/mol. The molecule has 2 aliphatic rings. The average Bonchev–Trinajstić information content (AvgIpc) is 3.25. The van der Waals surface area contributed by atoms with Gasteiger partial charge in [0.1, 0.15) is 0 Å². The Kier molecular flexibility index (Phi) is 5.91. The summed E-state index contributed by atoms with van der Waals surface area (Å²) >= 11 is 1.47. The van der Waals surface area contributed by atoms with Gasteiger partial charge in [0, 0.05) is 24.0 Å². The van der Waals surface area contributed by atoms with Gasteiger partial charge in [0.15, 0.2) is 11.5 Å². The van der Waals surface area contributed by atoms with Gasteiger partial charge >= 0.3 is 0 Å². The lowest BCUT2D eigenvalue weighted by molar-refractivity contribution is 0.174. The molecule has 5 rings (SSSR count). The second kappa shape index (κ2) is 8.73. The van der Waals surface area contributed by atoms with E-state index in [2.05, 4.69) is 4.72 Å². The number of fused-ring (bicyclic) bond motifs is 1. The lowest BCUT2D eigenvalue weighted by Gasteiger charge is -2.22. The van der Waals surface area contributed by atoms with E-state index in [4.69, 9.17) is 9.47 Å². The molecule has 1 aliphatic carbocycles. The Morgan fingerprint density at radius 2 is 1.64 bits per heavy atom. The molecule has 1 aromatic heterocycles. The minimum Gasteiger partial charge on any atom is -0.454 e. The summed E-state index contributed by atoms with van der Waals surface area (Å²) in [6, 6.07) is 14.4. The number of nitrogens with zero attached hydrogens (tertiary/aromatic N) is 1. The fourth-order valence-electron chi connectivity index (χ4n) is 3.47. The Balaban J connectivity index is 1.43. The van der Waals surface area contributed by atoms with Crippen molar-refractivity contribution < 1.29 is 26.3 Å². The van der Waals surface area contributed by atoms with Crippen molar-refractivity contribution in [2.75, 3.05) is 6.79 Å². The molecule has 0 atom stereocenters. The topological polar surface area (TPSA) is 102 Å². The number of ether oxygens (including phenoxy) is 2. The smallest absolute Gasteiger partial charge is 0.243 e. The summed E-state index contributed by atoms with van der Waals surface area (Å²) in [5, 5.41) is 1.90. The number of sulfonamides is 2. The Hall–Kier alpha value is -2.44. The van der Waals surface area contributed by atoms with E-state index >= 15 is 0 Å². The van der Waals surface area contributed by atoms with Gasteiger partial charge in [-0.3, -0.25) is 0 Å². The summed E-state index contributed by atoms with van der Waals surface area (Å²) in [4.78, 5) is 0.978. The monoisotopic (exact) mass is 506 g/mol. The van der Waals surface area contributed by atoms with E-state index in [9.17, 15) is 16.8 Å². The van der Waals surface area contributed by atoms with Gasteiger partial charge < -0.3 is 9.47 Å². The van der Waals surface area contributed by atoms with Crippen LogP contribution in [0.15, 0.2) is 69.8 Å². The van der Waals surface area contributed by atoms with Crippen molar-refractivity contribution in [3.05, 3.63) is 70.4 Å². The van der Waals surface area contributed by atoms with E-state index in [1.54, 1.807) is 12.1 Å². The molecule has 174 valence electrons. The Morgan fingerprint density at radius 1 is 0.909 bits per heavy atom. The number of hydrogen-bond acceptors (Lipinski definition) is 7. The van der Waals surface area contributed by atoms with Crippen LogP contribution in [0.3, 0.4) is 0 Å². The SMILES string of the molecule is O=S(=O)(NC1CC1)c1ccc(S(=O)(=O)N(Cc2ccc3c(c2)OCO3)Cc2cccs2)cc1. The number of benzene rings is 2. The van der Waals surface area contributed by atoms with Crippen LogP contribution < -0.4 is 14.2 Å². The third kappa shape index (κ3) is 4.92. The van der Waals surface area contributed by atoms with Gasteiger partial charge in [-0.15, -0.1) is 11.3 Å². The Bertz CT molecular complexity index is 1350. The zero-order chi connectivity index (χ0) is 23.1. The van der Waals surface area contributed by atoms with Crippen LogP contribution >= 0.6 is 11.3 Å². The predicted molar refractivity (Wildman–Crippen MR) is 123 cm³/mol. The van der Waals surface area contributed by atoms with Crippen LogP contribution in [0.25, 0.3) is 0 Å². The number of nitrogens with one attached hydrogen (secondary N) is 1. The van der Waals surface area contributed by atoms with Crippen LogP contribution in [0.1, 0.15) is 23.3 Å². The minimum absolute atomic E-state index is 0.0265. The van der Waals surface area contributed by atoms with E-state index in [1.807, 2.05) is 23.6 Å². The number of rotatable bonds is 9. The van der Waals surface area contributed by atoms with Crippen LogP contribution in [-0.4, -0.2) is 34.0 Å². The van der Waals surface area contributed by atoms with Crippen molar-refractivity contribution in [1.29, 1.82) is 0 Å². The molecule has 1 aliphatic heterocycles. The standard InChI is InChI=1S/C22H22N2O6S3/c25-32(26,23-17-4-5-17)19-6-8-20(9-7-19)33(27,28)24(14-18-2-1-11-31-18)13-16-3-10-21-22(12-16)30-15-29-21/h1-3,6-12,17,23H,4-5,13-15H2. The first-order valence-electron chi connectivity index (χ1n) is 10.3. The quantitative estimate of drug-likeness (QED) is 0.478. The summed E-state index contributed by atoms with van der Waals surface area (Å²) in [6.45, 7) is 0.457. The summed E-state index contributed by atoms with van der Waals surface area (Å²) < 4.78 is 66.7. The van der Waals surface area contributed by atoms with Crippen molar-refractivity contribution in [1.82, 2.24) is 9.03 Å². The zero-order valence-electron chi connectivity index (χ0n) is 17.5. The van der Waals surface area contributed by atoms with Crippen LogP contribution in [-0.2, 0) is 33.1 Å². The largest absolute Gasteiger partial charge is 0.454 e. The summed E-state index contributed by atoms with van der Waals surface area (Å²) in [6.07, 6.45) is 1.65. The van der Waals surface area contributed by atoms with Crippen LogP contribution in [0.4, 0.5) is 0 Å². The molecule has 0 saturated heterocycles. The van der Waals surface area contributed by atoms with Gasteiger partial charge in [0.2, 0.25) is 26.8 Å². The molecule has 1 fully saturated rings. The molecule has 2 heterocycles. The second-order valence-corrected chi connectivity index (χ2v) is 12.6. The maximum atomic E-state index is 13.6. The van der Waals surface area contributed by atoms with Crippen LogP contribution in [0.5, 0.6) is 11.5 Å². The third-order valence-corrected chi connectivity index (χ3v) is 9.58. The first-order valence-corrected chi connectivity index (χ1v) is 14.1. The van der Waals surface area contributed by atoms with Crippen molar-refractivity contribution in [3.63, 3.8) is 0 Å². The van der Waals surface area contributed by atoms with Crippen LogP contribution in [0.2, 0.25) is 0 Å². The van der Waals surface area contributed by atoms with E-state index in [1.165, 1.54) is 39.9 Å². The highest BCUT2D eigenvalue weighted by Gasteiger charge is 2.30. The lowest BCUT2D eigenvalue weighted by atomic mass is 10.2. The van der Waals surface area contributed by atoms with Gasteiger partial charge in [0.25, 0.3) is 0 Å². The van der Waals surface area contributed by atoms with Crippen molar-refractivity contribution >= 4 is 31.4 Å². The maximum absolute atomic E-state index is 13.6. The summed E-state index contributed by atoms with van der Waals surface area (Å²) in [5.41, 5.74) is 0.757. The molecule has 0 unspecified atom stereocenters. The number of hydrogen-bond donors (Lipinski definition) is 1. The van der Waals surface area contributed by atoms with E-state index < -0.39 is 20.0 Å². The van der Waals surface area contributed by atoms with Gasteiger partial charge in [-0.1, -0.05) is 12.1 Å². The van der Waals surface area contributed by atoms with Crippen molar-refractivity contribution in [2.45, 2.75) is 41.8 Å². The van der Waals surface area contributed by atoms with E-state index in [0.29, 0.717) is 11.5 Å². The molecule has 2 aromatic carbocycles. The lowest BCUT2D eigenvalue weighted by Crippen LogP contribution is -2.30. The molecule has 0 radical (unpaired) electrons. The number of thiophene rings is 1. The maximum Gasteiger partial charge on any atom is 0.243 e. The van der Waals surface area contributed by atoms with Gasteiger partial charge in [-0.25, -0.2) is 21.6 Å². The Labute approximate surface area is 196 Å². The molecule has 3 aromatic rings. The van der Waals surface area contributed by atoms with Crippen LogP contribution in [0, 0.1) is 0 Å². The first-order chi connectivity index (χ1) is 15.8. The van der Waals surface area contributed by atoms with Gasteiger partial charge in [-0.2, -0.15) is 4.31 Å². The molecule has 1 saturated carbocycles. The highest BCUT2D eigenvalue weighted by molar-refractivity contribution is 7.89. The highest BCUT2D eigenvalue weighted by atomic mass is 32.2. The highest BCUT2D eigenvalue weighted by Crippen LogP contribution is 2.34. The fraction of sp³-hybridized carbons (Fsp3) is 0.273. The third-order valence-electron chi connectivity index (χ3n) is 5.38. The van der Waals surface area contributed by atoms with E-state index in [0.717, 1.165) is 23.3 Å². The fourth-order valence-corrected chi connectivity index (χ4v) is 6.99. The summed E-state index contributed by atoms with van der Waals surface area (Å²) in [5.74, 6) is 1.21. The molecule has 33 heavy (non-hydrogen) atoms. The molecular weight excluding hydrogens is 484 g/mol.